The third kappa shape index (κ3) is 6.86. The van der Waals surface area contributed by atoms with E-state index >= 15 is 0 Å². The molecular formula is C32H33ClN8O4. The highest BCUT2D eigenvalue weighted by molar-refractivity contribution is 6.31. The van der Waals surface area contributed by atoms with Crippen molar-refractivity contribution in [3.63, 3.8) is 0 Å². The number of amides is 1. The summed E-state index contributed by atoms with van der Waals surface area (Å²) in [5.41, 5.74) is 3.97. The minimum atomic E-state index is -0.638. The topological polar surface area (TPSA) is 157 Å². The number of halogens is 1. The van der Waals surface area contributed by atoms with Crippen LogP contribution in [0.15, 0.2) is 71.7 Å². The van der Waals surface area contributed by atoms with E-state index in [0.717, 1.165) is 17.5 Å². The molecule has 0 aliphatic carbocycles. The number of aromatic nitrogens is 5. The average molecular weight is 629 g/mol. The van der Waals surface area contributed by atoms with E-state index in [1.54, 1.807) is 46.8 Å². The van der Waals surface area contributed by atoms with Crippen molar-refractivity contribution in [2.45, 2.75) is 39.2 Å². The SMILES string of the molecule is CCOC(=O)/C(C=N)=C/Nc1ccc(Cl)cc1-c1cc(=O)n(C2CCCC(C)C(=O)Nc3cnn(C)c3-c3ccnc2c3)cn1. The molecule has 5 rings (SSSR count). The fourth-order valence-corrected chi connectivity index (χ4v) is 5.43. The van der Waals surface area contributed by atoms with E-state index in [1.807, 2.05) is 26.1 Å². The quantitative estimate of drug-likeness (QED) is 0.143. The van der Waals surface area contributed by atoms with Gasteiger partial charge >= 0.3 is 5.97 Å². The molecule has 0 radical (unpaired) electrons. The molecule has 3 N–H and O–H groups in total. The van der Waals surface area contributed by atoms with Gasteiger partial charge in [0.1, 0.15) is 0 Å². The standard InChI is InChI=1S/C32H33ClN8O4/c1-4-45-32(44)21(15-34)16-36-24-9-8-22(33)13-23(24)25-14-29(42)41(18-37-25)28-7-5-6-19(2)31(43)39-27-17-38-40(3)30(27)20-10-11-35-26(28)12-20/h8-19,28,34,36H,4-7H2,1-3H3,(H,39,43)/b21-16+,34-15?. The number of hydrogen-bond acceptors (Lipinski definition) is 9. The summed E-state index contributed by atoms with van der Waals surface area (Å²) < 4.78 is 8.25. The van der Waals surface area contributed by atoms with Crippen LogP contribution in [0.25, 0.3) is 22.5 Å². The molecule has 3 aromatic heterocycles. The molecule has 45 heavy (non-hydrogen) atoms. The summed E-state index contributed by atoms with van der Waals surface area (Å²) in [6.07, 6.45) is 8.92. The number of ether oxygens (including phenoxy) is 1. The van der Waals surface area contributed by atoms with E-state index in [2.05, 4.69) is 25.7 Å². The number of carbonyl (C=O) groups excluding carboxylic acids is 2. The number of fused-ring (bicyclic) bond motifs is 4. The van der Waals surface area contributed by atoms with E-state index in [4.69, 9.17) is 21.7 Å². The van der Waals surface area contributed by atoms with E-state index in [-0.39, 0.29) is 29.6 Å². The molecule has 0 saturated heterocycles. The van der Waals surface area contributed by atoms with Gasteiger partial charge in [0.15, 0.2) is 0 Å². The zero-order valence-electron chi connectivity index (χ0n) is 25.1. The molecule has 2 unspecified atom stereocenters. The van der Waals surface area contributed by atoms with Crippen LogP contribution in [0.5, 0.6) is 0 Å². The van der Waals surface area contributed by atoms with E-state index in [0.29, 0.717) is 52.6 Å². The zero-order valence-corrected chi connectivity index (χ0v) is 25.8. The zero-order chi connectivity index (χ0) is 32.1. The van der Waals surface area contributed by atoms with Crippen molar-refractivity contribution < 1.29 is 14.3 Å². The summed E-state index contributed by atoms with van der Waals surface area (Å²) in [6.45, 7) is 3.74. The number of carbonyl (C=O) groups is 2. The maximum atomic E-state index is 13.7. The maximum absolute atomic E-state index is 13.7. The number of pyridine rings is 1. The normalized spacial score (nSPS) is 16.9. The fourth-order valence-electron chi connectivity index (χ4n) is 5.26. The Morgan fingerprint density at radius 2 is 2.02 bits per heavy atom. The highest BCUT2D eigenvalue weighted by Gasteiger charge is 2.24. The number of aryl methyl sites for hydroxylation is 1. The Bertz CT molecular complexity index is 1850. The number of hydrogen-bond donors (Lipinski definition) is 3. The van der Waals surface area contributed by atoms with Gasteiger partial charge in [0.05, 0.1) is 53.5 Å². The van der Waals surface area contributed by atoms with Gasteiger partial charge in [-0.1, -0.05) is 24.9 Å². The van der Waals surface area contributed by atoms with E-state index < -0.39 is 12.0 Å². The smallest absolute Gasteiger partial charge is 0.341 e. The first-order valence-corrected chi connectivity index (χ1v) is 14.9. The second-order valence-corrected chi connectivity index (χ2v) is 11.1. The summed E-state index contributed by atoms with van der Waals surface area (Å²) in [5, 5.41) is 18.4. The predicted molar refractivity (Wildman–Crippen MR) is 172 cm³/mol. The molecule has 0 fully saturated rings. The molecule has 1 amide bonds. The summed E-state index contributed by atoms with van der Waals surface area (Å²) >= 11 is 6.32. The molecule has 1 aliphatic rings. The van der Waals surface area contributed by atoms with Gasteiger partial charge in [-0.3, -0.25) is 23.8 Å². The van der Waals surface area contributed by atoms with Crippen LogP contribution in [0.4, 0.5) is 11.4 Å². The number of nitrogens with one attached hydrogen (secondary N) is 3. The first-order chi connectivity index (χ1) is 21.7. The summed E-state index contributed by atoms with van der Waals surface area (Å²) in [5.74, 6) is -0.975. The van der Waals surface area contributed by atoms with Crippen LogP contribution in [-0.2, 0) is 21.4 Å². The highest BCUT2D eigenvalue weighted by Crippen LogP contribution is 2.33. The first-order valence-electron chi connectivity index (χ1n) is 14.5. The summed E-state index contributed by atoms with van der Waals surface area (Å²) in [7, 11) is 1.81. The van der Waals surface area contributed by atoms with Gasteiger partial charge in [-0.2, -0.15) is 5.10 Å². The second-order valence-electron chi connectivity index (χ2n) is 10.7. The van der Waals surface area contributed by atoms with Gasteiger partial charge < -0.3 is 20.8 Å². The Morgan fingerprint density at radius 3 is 2.78 bits per heavy atom. The average Bonchev–Trinajstić information content (AvgIpc) is 3.39. The van der Waals surface area contributed by atoms with Crippen LogP contribution in [0.1, 0.15) is 44.8 Å². The van der Waals surface area contributed by atoms with Gasteiger partial charge in [-0.15, -0.1) is 0 Å². The first kappa shape index (κ1) is 31.3. The van der Waals surface area contributed by atoms with Crippen LogP contribution in [-0.4, -0.2) is 49.0 Å². The molecule has 1 aliphatic heterocycles. The largest absolute Gasteiger partial charge is 0.462 e. The van der Waals surface area contributed by atoms with Gasteiger partial charge in [0.2, 0.25) is 5.91 Å². The Balaban J connectivity index is 1.53. The third-order valence-electron chi connectivity index (χ3n) is 7.63. The maximum Gasteiger partial charge on any atom is 0.341 e. The van der Waals surface area contributed by atoms with Crippen molar-refractivity contribution in [1.29, 1.82) is 5.41 Å². The van der Waals surface area contributed by atoms with Crippen molar-refractivity contribution in [2.24, 2.45) is 13.0 Å². The van der Waals surface area contributed by atoms with Crippen molar-refractivity contribution >= 4 is 41.1 Å². The molecule has 2 bridgehead atoms. The van der Waals surface area contributed by atoms with Crippen LogP contribution in [0.2, 0.25) is 5.02 Å². The molecule has 0 saturated carbocycles. The van der Waals surface area contributed by atoms with Gasteiger partial charge in [0, 0.05) is 59.5 Å². The van der Waals surface area contributed by atoms with Gasteiger partial charge in [0.25, 0.3) is 5.56 Å². The Kier molecular flexibility index (Phi) is 9.53. The van der Waals surface area contributed by atoms with Crippen LogP contribution in [0, 0.1) is 11.3 Å². The van der Waals surface area contributed by atoms with Crippen molar-refractivity contribution in [3.05, 3.63) is 88.0 Å². The molecule has 4 heterocycles. The number of esters is 1. The summed E-state index contributed by atoms with van der Waals surface area (Å²) in [4.78, 5) is 48.1. The van der Waals surface area contributed by atoms with Crippen molar-refractivity contribution in [1.82, 2.24) is 24.3 Å². The monoisotopic (exact) mass is 628 g/mol. The minimum Gasteiger partial charge on any atom is -0.462 e. The fraction of sp³-hybridized carbons (Fsp3) is 0.281. The Hall–Kier alpha value is -5.10. The number of nitrogens with zero attached hydrogens (tertiary/aromatic N) is 5. The summed E-state index contributed by atoms with van der Waals surface area (Å²) in [6, 6.07) is 9.77. The van der Waals surface area contributed by atoms with Crippen LogP contribution < -0.4 is 16.2 Å². The molecular weight excluding hydrogens is 596 g/mol. The van der Waals surface area contributed by atoms with E-state index in [1.165, 1.54) is 18.6 Å². The van der Waals surface area contributed by atoms with Gasteiger partial charge in [-0.05, 0) is 50.1 Å². The molecule has 4 aromatic rings. The van der Waals surface area contributed by atoms with Crippen molar-refractivity contribution in [3.8, 4) is 22.5 Å². The van der Waals surface area contributed by atoms with Crippen molar-refractivity contribution in [2.75, 3.05) is 17.2 Å². The van der Waals surface area contributed by atoms with Gasteiger partial charge in [-0.25, -0.2) is 9.78 Å². The number of benzene rings is 1. The Morgan fingerprint density at radius 1 is 1.20 bits per heavy atom. The molecule has 12 nitrogen and oxygen atoms in total. The Labute approximate surface area is 264 Å². The van der Waals surface area contributed by atoms with Crippen LogP contribution >= 0.6 is 11.6 Å². The van der Waals surface area contributed by atoms with Crippen LogP contribution in [0.3, 0.4) is 0 Å². The van der Waals surface area contributed by atoms with E-state index in [9.17, 15) is 14.4 Å². The number of rotatable bonds is 7. The molecule has 0 spiro atoms. The lowest BCUT2D eigenvalue weighted by Gasteiger charge is -2.22. The second kappa shape index (κ2) is 13.7. The molecule has 1 aromatic carbocycles. The predicted octanol–water partition coefficient (Wildman–Crippen LogP) is 5.22. The number of anilines is 2. The molecule has 13 heteroatoms. The molecule has 232 valence electrons. The molecule has 2 atom stereocenters. The lowest BCUT2D eigenvalue weighted by atomic mass is 9.97. The highest BCUT2D eigenvalue weighted by atomic mass is 35.5. The third-order valence-corrected chi connectivity index (χ3v) is 7.87. The lowest BCUT2D eigenvalue weighted by molar-refractivity contribution is -0.137. The lowest BCUT2D eigenvalue weighted by Crippen LogP contribution is -2.27. The minimum absolute atomic E-state index is 0.0170.